The molecule has 1 unspecified atom stereocenters. The normalized spacial score (nSPS) is 30.4. The van der Waals surface area contributed by atoms with E-state index in [0.29, 0.717) is 6.10 Å². The van der Waals surface area contributed by atoms with Crippen molar-refractivity contribution in [3.63, 3.8) is 0 Å². The van der Waals surface area contributed by atoms with E-state index in [1.807, 2.05) is 0 Å². The average molecular weight is 281 g/mol. The van der Waals surface area contributed by atoms with Gasteiger partial charge in [-0.25, -0.2) is 0 Å². The number of hydrogen-bond acceptors (Lipinski definition) is 2. The molecule has 0 N–H and O–H groups in total. The number of rotatable bonds is 7. The van der Waals surface area contributed by atoms with Gasteiger partial charge in [-0.2, -0.15) is 0 Å². The summed E-state index contributed by atoms with van der Waals surface area (Å²) in [6.07, 6.45) is 7.29. The molecule has 2 aliphatic rings. The van der Waals surface area contributed by atoms with Crippen molar-refractivity contribution in [2.75, 3.05) is 26.2 Å². The van der Waals surface area contributed by atoms with Crippen molar-refractivity contribution in [2.24, 2.45) is 23.7 Å². The number of piperidine rings is 1. The SMILES string of the molecule is CCC(C)C1CC(OCCN2CCC(C(C)C)CC2)C1. The summed E-state index contributed by atoms with van der Waals surface area (Å²) in [7, 11) is 0. The van der Waals surface area contributed by atoms with Crippen LogP contribution < -0.4 is 0 Å². The molecule has 1 saturated heterocycles. The first-order valence-corrected chi connectivity index (χ1v) is 8.94. The lowest BCUT2D eigenvalue weighted by molar-refractivity contribution is -0.0529. The Morgan fingerprint density at radius 1 is 1.05 bits per heavy atom. The number of likely N-dealkylation sites (tertiary alicyclic amines) is 1. The third-order valence-corrected chi connectivity index (χ3v) is 5.92. The predicted molar refractivity (Wildman–Crippen MR) is 85.9 cm³/mol. The first kappa shape index (κ1) is 16.3. The largest absolute Gasteiger partial charge is 0.377 e. The Bertz CT molecular complexity index is 265. The molecule has 0 bridgehead atoms. The average Bonchev–Trinajstić information content (AvgIpc) is 2.41. The first-order chi connectivity index (χ1) is 9.60. The molecule has 1 aliphatic carbocycles. The Kier molecular flexibility index (Phi) is 6.35. The molecule has 2 nitrogen and oxygen atoms in total. The fourth-order valence-electron chi connectivity index (χ4n) is 3.73. The highest BCUT2D eigenvalue weighted by atomic mass is 16.5. The van der Waals surface area contributed by atoms with Gasteiger partial charge in [-0.05, 0) is 62.4 Å². The zero-order valence-electron chi connectivity index (χ0n) is 14.1. The molecule has 1 heterocycles. The molecule has 2 fully saturated rings. The van der Waals surface area contributed by atoms with Crippen LogP contribution in [0.25, 0.3) is 0 Å². The lowest BCUT2D eigenvalue weighted by Gasteiger charge is -2.39. The molecule has 0 aromatic heterocycles. The summed E-state index contributed by atoms with van der Waals surface area (Å²) >= 11 is 0. The van der Waals surface area contributed by atoms with E-state index >= 15 is 0 Å². The maximum Gasteiger partial charge on any atom is 0.0597 e. The molecular formula is C18H35NO. The van der Waals surface area contributed by atoms with E-state index in [4.69, 9.17) is 4.74 Å². The highest BCUT2D eigenvalue weighted by Crippen LogP contribution is 2.37. The van der Waals surface area contributed by atoms with Gasteiger partial charge in [-0.1, -0.05) is 34.1 Å². The van der Waals surface area contributed by atoms with E-state index in [1.165, 1.54) is 45.2 Å². The highest BCUT2D eigenvalue weighted by Gasteiger charge is 2.32. The lowest BCUT2D eigenvalue weighted by Crippen LogP contribution is -2.40. The van der Waals surface area contributed by atoms with Gasteiger partial charge in [0.1, 0.15) is 0 Å². The van der Waals surface area contributed by atoms with E-state index in [1.54, 1.807) is 0 Å². The van der Waals surface area contributed by atoms with Crippen molar-refractivity contribution >= 4 is 0 Å². The smallest absolute Gasteiger partial charge is 0.0597 e. The zero-order chi connectivity index (χ0) is 14.5. The first-order valence-electron chi connectivity index (χ1n) is 8.94. The molecule has 1 atom stereocenters. The summed E-state index contributed by atoms with van der Waals surface area (Å²) in [5.41, 5.74) is 0. The predicted octanol–water partition coefficient (Wildman–Crippen LogP) is 4.20. The summed E-state index contributed by atoms with van der Waals surface area (Å²) in [6, 6.07) is 0. The summed E-state index contributed by atoms with van der Waals surface area (Å²) in [5, 5.41) is 0. The molecule has 0 radical (unpaired) electrons. The van der Waals surface area contributed by atoms with Crippen LogP contribution in [0.5, 0.6) is 0 Å². The Morgan fingerprint density at radius 3 is 2.25 bits per heavy atom. The quantitative estimate of drug-likeness (QED) is 0.693. The molecule has 1 saturated carbocycles. The molecule has 0 spiro atoms. The fraction of sp³-hybridized carbons (Fsp3) is 1.00. The summed E-state index contributed by atoms with van der Waals surface area (Å²) < 4.78 is 6.04. The van der Waals surface area contributed by atoms with Gasteiger partial charge in [-0.3, -0.25) is 0 Å². The van der Waals surface area contributed by atoms with Gasteiger partial charge >= 0.3 is 0 Å². The standard InChI is InChI=1S/C18H35NO/c1-5-15(4)17-12-18(13-17)20-11-10-19-8-6-16(7-9-19)14(2)3/h14-18H,5-13H2,1-4H3. The minimum absolute atomic E-state index is 0.571. The van der Waals surface area contributed by atoms with E-state index in [2.05, 4.69) is 32.6 Å². The van der Waals surface area contributed by atoms with E-state index < -0.39 is 0 Å². The van der Waals surface area contributed by atoms with Gasteiger partial charge in [0.2, 0.25) is 0 Å². The van der Waals surface area contributed by atoms with Crippen molar-refractivity contribution in [2.45, 2.75) is 65.9 Å². The molecule has 1 aliphatic heterocycles. The van der Waals surface area contributed by atoms with Gasteiger partial charge in [0, 0.05) is 6.54 Å². The van der Waals surface area contributed by atoms with Crippen LogP contribution in [0.2, 0.25) is 0 Å². The minimum Gasteiger partial charge on any atom is -0.377 e. The molecule has 20 heavy (non-hydrogen) atoms. The summed E-state index contributed by atoms with van der Waals surface area (Å²) in [5.74, 6) is 3.65. The second-order valence-corrected chi connectivity index (χ2v) is 7.53. The Labute approximate surface area is 126 Å². The fourth-order valence-corrected chi connectivity index (χ4v) is 3.73. The van der Waals surface area contributed by atoms with Crippen LogP contribution in [0, 0.1) is 23.7 Å². The van der Waals surface area contributed by atoms with E-state index in [0.717, 1.165) is 36.8 Å². The second-order valence-electron chi connectivity index (χ2n) is 7.53. The molecular weight excluding hydrogens is 246 g/mol. The maximum absolute atomic E-state index is 6.04. The third-order valence-electron chi connectivity index (χ3n) is 5.92. The molecule has 0 aromatic carbocycles. The number of hydrogen-bond donors (Lipinski definition) is 0. The van der Waals surface area contributed by atoms with Crippen LogP contribution >= 0.6 is 0 Å². The third kappa shape index (κ3) is 4.46. The van der Waals surface area contributed by atoms with Gasteiger partial charge < -0.3 is 9.64 Å². The van der Waals surface area contributed by atoms with Gasteiger partial charge in [-0.15, -0.1) is 0 Å². The summed E-state index contributed by atoms with van der Waals surface area (Å²) in [6.45, 7) is 14.1. The van der Waals surface area contributed by atoms with Crippen LogP contribution in [0.3, 0.4) is 0 Å². The van der Waals surface area contributed by atoms with Crippen molar-refractivity contribution in [3.8, 4) is 0 Å². The van der Waals surface area contributed by atoms with Crippen molar-refractivity contribution in [3.05, 3.63) is 0 Å². The minimum atomic E-state index is 0.571. The van der Waals surface area contributed by atoms with Gasteiger partial charge in [0.15, 0.2) is 0 Å². The van der Waals surface area contributed by atoms with Crippen LogP contribution in [-0.2, 0) is 4.74 Å². The second kappa shape index (κ2) is 7.79. The van der Waals surface area contributed by atoms with Crippen LogP contribution in [0.4, 0.5) is 0 Å². The molecule has 2 heteroatoms. The summed E-state index contributed by atoms with van der Waals surface area (Å²) in [4.78, 5) is 2.60. The number of ether oxygens (including phenoxy) is 1. The van der Waals surface area contributed by atoms with Gasteiger partial charge in [0.05, 0.1) is 12.7 Å². The van der Waals surface area contributed by atoms with Crippen LogP contribution in [0.1, 0.15) is 59.8 Å². The molecule has 0 aromatic rings. The van der Waals surface area contributed by atoms with E-state index in [-0.39, 0.29) is 0 Å². The van der Waals surface area contributed by atoms with E-state index in [9.17, 15) is 0 Å². The Balaban J connectivity index is 1.51. The highest BCUT2D eigenvalue weighted by molar-refractivity contribution is 4.83. The van der Waals surface area contributed by atoms with Gasteiger partial charge in [0.25, 0.3) is 0 Å². The Morgan fingerprint density at radius 2 is 1.70 bits per heavy atom. The monoisotopic (exact) mass is 281 g/mol. The molecule has 0 amide bonds. The lowest BCUT2D eigenvalue weighted by atomic mass is 9.73. The Hall–Kier alpha value is -0.0800. The molecule has 118 valence electrons. The van der Waals surface area contributed by atoms with Crippen LogP contribution in [0.15, 0.2) is 0 Å². The van der Waals surface area contributed by atoms with Crippen molar-refractivity contribution in [1.82, 2.24) is 4.90 Å². The topological polar surface area (TPSA) is 12.5 Å². The van der Waals surface area contributed by atoms with Crippen molar-refractivity contribution in [1.29, 1.82) is 0 Å². The van der Waals surface area contributed by atoms with Crippen LogP contribution in [-0.4, -0.2) is 37.2 Å². The maximum atomic E-state index is 6.04. The number of nitrogens with zero attached hydrogens (tertiary/aromatic N) is 1. The molecule has 2 rings (SSSR count). The zero-order valence-corrected chi connectivity index (χ0v) is 14.1. The van der Waals surface area contributed by atoms with Crippen molar-refractivity contribution < 1.29 is 4.74 Å².